The smallest absolute Gasteiger partial charge is 0.433 e. The number of halogens is 3. The lowest BCUT2D eigenvalue weighted by Crippen LogP contribution is -2.09. The van der Waals surface area contributed by atoms with Crippen LogP contribution in [0.4, 0.5) is 13.2 Å². The van der Waals surface area contributed by atoms with E-state index in [9.17, 15) is 13.2 Å². The second-order valence-electron chi connectivity index (χ2n) is 3.70. The third-order valence-corrected chi connectivity index (χ3v) is 2.10. The second-order valence-corrected chi connectivity index (χ2v) is 3.70. The molecule has 0 fully saturated rings. The number of nitrogens with zero attached hydrogens (tertiary/aromatic N) is 1. The molecule has 0 unspecified atom stereocenters. The van der Waals surface area contributed by atoms with Crippen molar-refractivity contribution in [1.82, 2.24) is 4.98 Å². The standard InChI is InChI=1S/C10H12F3N2/c1-6(2)9(14)7-3-4-8(15-5-7)10(11,12)13/h3-6,9,14H,1-2H3/q-1/t9-/m1/s1. The third-order valence-electron chi connectivity index (χ3n) is 2.10. The van der Waals surface area contributed by atoms with Crippen molar-refractivity contribution in [3.8, 4) is 0 Å². The highest BCUT2D eigenvalue weighted by atomic mass is 19.4. The minimum absolute atomic E-state index is 0.0588. The highest BCUT2D eigenvalue weighted by Gasteiger charge is 2.32. The first-order valence-electron chi connectivity index (χ1n) is 4.56. The molecule has 84 valence electrons. The maximum Gasteiger partial charge on any atom is 0.433 e. The van der Waals surface area contributed by atoms with E-state index in [4.69, 9.17) is 5.73 Å². The molecule has 0 spiro atoms. The van der Waals surface area contributed by atoms with Gasteiger partial charge in [0.25, 0.3) is 0 Å². The van der Waals surface area contributed by atoms with Crippen LogP contribution in [0.3, 0.4) is 0 Å². The van der Waals surface area contributed by atoms with Crippen LogP contribution in [-0.4, -0.2) is 4.98 Å². The summed E-state index contributed by atoms with van der Waals surface area (Å²) in [6, 6.07) is 1.70. The molecular formula is C10H12F3N2-. The number of aromatic nitrogens is 1. The Hall–Kier alpha value is -1.10. The Morgan fingerprint density at radius 1 is 1.27 bits per heavy atom. The summed E-state index contributed by atoms with van der Waals surface area (Å²) in [4.78, 5) is 3.31. The molecule has 1 atom stereocenters. The Morgan fingerprint density at radius 3 is 2.20 bits per heavy atom. The maximum absolute atomic E-state index is 12.2. The van der Waals surface area contributed by atoms with Crippen LogP contribution in [-0.2, 0) is 6.18 Å². The van der Waals surface area contributed by atoms with Crippen LogP contribution < -0.4 is 0 Å². The molecule has 0 saturated heterocycles. The van der Waals surface area contributed by atoms with E-state index < -0.39 is 17.9 Å². The summed E-state index contributed by atoms with van der Waals surface area (Å²) in [5, 5.41) is 0. The Balaban J connectivity index is 2.91. The van der Waals surface area contributed by atoms with E-state index in [2.05, 4.69) is 4.98 Å². The summed E-state index contributed by atoms with van der Waals surface area (Å²) in [5.74, 6) is 0.0588. The van der Waals surface area contributed by atoms with E-state index in [0.29, 0.717) is 5.56 Å². The molecule has 1 aromatic rings. The van der Waals surface area contributed by atoms with Crippen molar-refractivity contribution in [3.63, 3.8) is 0 Å². The molecule has 0 saturated carbocycles. The van der Waals surface area contributed by atoms with Gasteiger partial charge in [-0.15, -0.1) is 6.04 Å². The van der Waals surface area contributed by atoms with Crippen LogP contribution in [0.25, 0.3) is 5.73 Å². The number of hydrogen-bond acceptors (Lipinski definition) is 1. The van der Waals surface area contributed by atoms with Crippen LogP contribution in [0.5, 0.6) is 0 Å². The van der Waals surface area contributed by atoms with Crippen molar-refractivity contribution in [2.45, 2.75) is 26.1 Å². The molecule has 1 aromatic heterocycles. The fraction of sp³-hybridized carbons (Fsp3) is 0.500. The van der Waals surface area contributed by atoms with Crippen molar-refractivity contribution < 1.29 is 13.2 Å². The van der Waals surface area contributed by atoms with E-state index >= 15 is 0 Å². The van der Waals surface area contributed by atoms with Gasteiger partial charge >= 0.3 is 6.18 Å². The summed E-state index contributed by atoms with van der Waals surface area (Å²) >= 11 is 0. The topological polar surface area (TPSA) is 36.7 Å². The van der Waals surface area contributed by atoms with Gasteiger partial charge in [-0.1, -0.05) is 25.8 Å². The Labute approximate surface area is 86.3 Å². The van der Waals surface area contributed by atoms with Gasteiger partial charge in [0.2, 0.25) is 0 Å². The summed E-state index contributed by atoms with van der Waals surface area (Å²) in [6.07, 6.45) is -3.28. The highest BCUT2D eigenvalue weighted by molar-refractivity contribution is 5.21. The molecule has 1 rings (SSSR count). The maximum atomic E-state index is 12.2. The van der Waals surface area contributed by atoms with Gasteiger partial charge in [0.1, 0.15) is 5.69 Å². The summed E-state index contributed by atoms with van der Waals surface area (Å²) in [7, 11) is 0. The van der Waals surface area contributed by atoms with Crippen LogP contribution in [0.15, 0.2) is 18.3 Å². The first-order chi connectivity index (χ1) is 6.82. The van der Waals surface area contributed by atoms with Gasteiger partial charge < -0.3 is 5.73 Å². The molecule has 0 aliphatic heterocycles. The average Bonchev–Trinajstić information content (AvgIpc) is 2.15. The van der Waals surface area contributed by atoms with E-state index in [1.807, 2.05) is 13.8 Å². The summed E-state index contributed by atoms with van der Waals surface area (Å²) < 4.78 is 36.5. The lowest BCUT2D eigenvalue weighted by molar-refractivity contribution is -0.141. The van der Waals surface area contributed by atoms with Crippen molar-refractivity contribution >= 4 is 0 Å². The van der Waals surface area contributed by atoms with Gasteiger partial charge in [-0.05, 0) is 11.6 Å². The zero-order chi connectivity index (χ0) is 11.6. The van der Waals surface area contributed by atoms with E-state index in [-0.39, 0.29) is 5.92 Å². The molecule has 1 heterocycles. The van der Waals surface area contributed by atoms with Crippen LogP contribution in [0, 0.1) is 5.92 Å². The van der Waals surface area contributed by atoms with Gasteiger partial charge in [0.05, 0.1) is 0 Å². The molecule has 0 aliphatic carbocycles. The number of alkyl halides is 3. The Bertz CT molecular complexity index is 316. The zero-order valence-electron chi connectivity index (χ0n) is 8.47. The van der Waals surface area contributed by atoms with Crippen LogP contribution in [0.1, 0.15) is 31.1 Å². The number of rotatable bonds is 2. The quantitative estimate of drug-likeness (QED) is 0.741. The molecule has 5 heteroatoms. The first-order valence-corrected chi connectivity index (χ1v) is 4.56. The normalized spacial score (nSPS) is 14.3. The molecule has 0 radical (unpaired) electrons. The lowest BCUT2D eigenvalue weighted by Gasteiger charge is -2.24. The molecule has 0 aromatic carbocycles. The van der Waals surface area contributed by atoms with Gasteiger partial charge in [-0.25, -0.2) is 0 Å². The first kappa shape index (κ1) is 12.0. The minimum Gasteiger partial charge on any atom is -0.671 e. The number of nitrogens with one attached hydrogen (secondary N) is 1. The minimum atomic E-state index is -4.41. The van der Waals surface area contributed by atoms with Crippen molar-refractivity contribution in [2.24, 2.45) is 5.92 Å². The molecule has 0 amide bonds. The Morgan fingerprint density at radius 2 is 1.87 bits per heavy atom. The predicted molar refractivity (Wildman–Crippen MR) is 51.1 cm³/mol. The van der Waals surface area contributed by atoms with Crippen molar-refractivity contribution in [3.05, 3.63) is 35.3 Å². The van der Waals surface area contributed by atoms with Gasteiger partial charge in [0, 0.05) is 6.20 Å². The SMILES string of the molecule is CC(C)[C@@H]([NH-])c1ccc(C(F)(F)F)nc1. The van der Waals surface area contributed by atoms with Crippen molar-refractivity contribution in [2.75, 3.05) is 0 Å². The van der Waals surface area contributed by atoms with E-state index in [1.165, 1.54) is 6.07 Å². The zero-order valence-corrected chi connectivity index (χ0v) is 8.47. The molecule has 2 nitrogen and oxygen atoms in total. The number of pyridine rings is 1. The third kappa shape index (κ3) is 2.92. The average molecular weight is 217 g/mol. The molecule has 0 bridgehead atoms. The van der Waals surface area contributed by atoms with Gasteiger partial charge in [-0.3, -0.25) is 4.98 Å². The second kappa shape index (κ2) is 4.18. The fourth-order valence-electron chi connectivity index (χ4n) is 1.14. The van der Waals surface area contributed by atoms with Crippen LogP contribution >= 0.6 is 0 Å². The Kier molecular flexibility index (Phi) is 3.34. The predicted octanol–water partition coefficient (Wildman–Crippen LogP) is 3.85. The van der Waals surface area contributed by atoms with E-state index in [0.717, 1.165) is 12.3 Å². The summed E-state index contributed by atoms with van der Waals surface area (Å²) in [6.45, 7) is 3.69. The monoisotopic (exact) mass is 217 g/mol. The van der Waals surface area contributed by atoms with Gasteiger partial charge in [0.15, 0.2) is 0 Å². The van der Waals surface area contributed by atoms with Crippen molar-refractivity contribution in [1.29, 1.82) is 0 Å². The highest BCUT2D eigenvalue weighted by Crippen LogP contribution is 2.29. The molecule has 0 aliphatic rings. The van der Waals surface area contributed by atoms with Crippen LogP contribution in [0.2, 0.25) is 0 Å². The van der Waals surface area contributed by atoms with Gasteiger partial charge in [-0.2, -0.15) is 13.2 Å². The molecule has 1 N–H and O–H groups in total. The number of hydrogen-bond donors (Lipinski definition) is 0. The summed E-state index contributed by atoms with van der Waals surface area (Å²) in [5.41, 5.74) is 7.27. The molecule has 15 heavy (non-hydrogen) atoms. The lowest BCUT2D eigenvalue weighted by atomic mass is 9.98. The fourth-order valence-corrected chi connectivity index (χ4v) is 1.14. The largest absolute Gasteiger partial charge is 0.671 e. The van der Waals surface area contributed by atoms with E-state index in [1.54, 1.807) is 0 Å². The molecular weight excluding hydrogens is 205 g/mol.